The van der Waals surface area contributed by atoms with Crippen molar-refractivity contribution in [3.05, 3.63) is 34.6 Å². The Bertz CT molecular complexity index is 834. The van der Waals surface area contributed by atoms with E-state index in [9.17, 15) is 19.1 Å². The molecule has 3 amide bonds. The molecule has 0 bridgehead atoms. The van der Waals surface area contributed by atoms with Gasteiger partial charge >= 0.3 is 6.03 Å². The van der Waals surface area contributed by atoms with E-state index in [1.165, 1.54) is 45.1 Å². The fourth-order valence-electron chi connectivity index (χ4n) is 5.22. The predicted octanol–water partition coefficient (Wildman–Crippen LogP) is 6.00. The molecular weight excluding hydrogens is 481 g/mol. The summed E-state index contributed by atoms with van der Waals surface area (Å²) in [5, 5.41) is 17.2. The lowest BCUT2D eigenvalue weighted by Crippen LogP contribution is -2.51. The molecular formula is C28H45ClFN3O3. The van der Waals surface area contributed by atoms with Gasteiger partial charge in [-0.25, -0.2) is 9.18 Å². The van der Waals surface area contributed by atoms with Crippen LogP contribution in [-0.2, 0) is 10.4 Å². The molecule has 0 aromatic heterocycles. The smallest absolute Gasteiger partial charge is 0.317 e. The van der Waals surface area contributed by atoms with Gasteiger partial charge in [-0.05, 0) is 44.1 Å². The van der Waals surface area contributed by atoms with Crippen LogP contribution in [0.5, 0.6) is 0 Å². The number of urea groups is 1. The van der Waals surface area contributed by atoms with Crippen molar-refractivity contribution >= 4 is 23.5 Å². The highest BCUT2D eigenvalue weighted by Gasteiger charge is 2.43. The number of aliphatic hydroxyl groups is 1. The van der Waals surface area contributed by atoms with Gasteiger partial charge in [0.1, 0.15) is 5.82 Å². The molecule has 1 heterocycles. The Morgan fingerprint density at radius 2 is 1.86 bits per heavy atom. The van der Waals surface area contributed by atoms with Crippen molar-refractivity contribution in [3.8, 4) is 0 Å². The Labute approximate surface area is 221 Å². The van der Waals surface area contributed by atoms with E-state index < -0.39 is 11.4 Å². The lowest BCUT2D eigenvalue weighted by molar-refractivity contribution is -0.119. The molecule has 1 aliphatic heterocycles. The van der Waals surface area contributed by atoms with Gasteiger partial charge in [0.15, 0.2) is 0 Å². The molecule has 36 heavy (non-hydrogen) atoms. The van der Waals surface area contributed by atoms with Crippen LogP contribution in [-0.4, -0.2) is 48.1 Å². The number of likely N-dealkylation sites (tertiary alicyclic amines) is 1. The van der Waals surface area contributed by atoms with Gasteiger partial charge in [0, 0.05) is 44.6 Å². The van der Waals surface area contributed by atoms with Crippen molar-refractivity contribution in [1.29, 1.82) is 0 Å². The highest BCUT2D eigenvalue weighted by Crippen LogP contribution is 2.41. The Morgan fingerprint density at radius 3 is 2.47 bits per heavy atom. The molecule has 8 heteroatoms. The maximum absolute atomic E-state index is 14.9. The zero-order valence-electron chi connectivity index (χ0n) is 22.3. The van der Waals surface area contributed by atoms with Crippen molar-refractivity contribution in [2.24, 2.45) is 11.8 Å². The van der Waals surface area contributed by atoms with Gasteiger partial charge in [-0.3, -0.25) is 4.79 Å². The number of rotatable bonds is 8. The third-order valence-electron chi connectivity index (χ3n) is 7.33. The number of piperidine rings is 1. The van der Waals surface area contributed by atoms with E-state index >= 15 is 0 Å². The van der Waals surface area contributed by atoms with Crippen LogP contribution in [0.4, 0.5) is 9.18 Å². The number of carbonyl (C=O) groups excluding carboxylic acids is 2. The summed E-state index contributed by atoms with van der Waals surface area (Å²) >= 11 is 5.98. The SMILES string of the molecule is CC1CCCCC1.CCCNC(=O)N1CCCC(C(O)(CCCNC(C)=O)c2cccc(Cl)c2F)C1. The molecule has 1 saturated carbocycles. The molecule has 2 fully saturated rings. The molecule has 3 N–H and O–H groups in total. The minimum atomic E-state index is -1.49. The normalized spacial score (nSPS) is 20.1. The molecule has 204 valence electrons. The van der Waals surface area contributed by atoms with Crippen LogP contribution in [0.25, 0.3) is 0 Å². The molecule has 1 aromatic rings. The Hall–Kier alpha value is -1.86. The number of benzene rings is 1. The second-order valence-electron chi connectivity index (χ2n) is 10.4. The van der Waals surface area contributed by atoms with E-state index in [-0.39, 0.29) is 34.9 Å². The summed E-state index contributed by atoms with van der Waals surface area (Å²) in [6.45, 7) is 7.67. The minimum absolute atomic E-state index is 0.0452. The van der Waals surface area contributed by atoms with Crippen LogP contribution in [0.3, 0.4) is 0 Å². The van der Waals surface area contributed by atoms with E-state index in [4.69, 9.17) is 11.6 Å². The van der Waals surface area contributed by atoms with Crippen molar-refractivity contribution in [1.82, 2.24) is 15.5 Å². The van der Waals surface area contributed by atoms with Gasteiger partial charge in [-0.2, -0.15) is 0 Å². The summed E-state index contributed by atoms with van der Waals surface area (Å²) < 4.78 is 14.9. The number of nitrogens with one attached hydrogen (secondary N) is 2. The molecule has 3 rings (SSSR count). The second kappa shape index (κ2) is 15.4. The third kappa shape index (κ3) is 9.22. The lowest BCUT2D eigenvalue weighted by Gasteiger charge is -2.43. The van der Waals surface area contributed by atoms with Crippen LogP contribution in [0.2, 0.25) is 5.02 Å². The number of carbonyl (C=O) groups is 2. The molecule has 2 atom stereocenters. The van der Waals surface area contributed by atoms with E-state index in [0.717, 1.165) is 18.8 Å². The first-order valence-corrected chi connectivity index (χ1v) is 14.0. The maximum Gasteiger partial charge on any atom is 0.317 e. The largest absolute Gasteiger partial charge is 0.385 e. The molecule has 2 aliphatic rings. The van der Waals surface area contributed by atoms with Crippen LogP contribution in [0, 0.1) is 17.7 Å². The zero-order chi connectivity index (χ0) is 26.6. The first-order chi connectivity index (χ1) is 17.2. The van der Waals surface area contributed by atoms with Gasteiger partial charge < -0.3 is 20.6 Å². The molecule has 0 radical (unpaired) electrons. The van der Waals surface area contributed by atoms with Gasteiger partial charge in [-0.15, -0.1) is 0 Å². The van der Waals surface area contributed by atoms with Crippen molar-refractivity contribution in [2.75, 3.05) is 26.2 Å². The second-order valence-corrected chi connectivity index (χ2v) is 10.8. The van der Waals surface area contributed by atoms with E-state index in [2.05, 4.69) is 17.6 Å². The summed E-state index contributed by atoms with van der Waals surface area (Å²) in [4.78, 5) is 25.2. The van der Waals surface area contributed by atoms with Crippen molar-refractivity contribution < 1.29 is 19.1 Å². The minimum Gasteiger partial charge on any atom is -0.385 e. The molecule has 6 nitrogen and oxygen atoms in total. The predicted molar refractivity (Wildman–Crippen MR) is 143 cm³/mol. The summed E-state index contributed by atoms with van der Waals surface area (Å²) in [6, 6.07) is 4.46. The summed E-state index contributed by atoms with van der Waals surface area (Å²) in [5.41, 5.74) is -1.34. The third-order valence-corrected chi connectivity index (χ3v) is 7.62. The Morgan fingerprint density at radius 1 is 1.14 bits per heavy atom. The highest BCUT2D eigenvalue weighted by molar-refractivity contribution is 6.30. The van der Waals surface area contributed by atoms with Crippen LogP contribution < -0.4 is 10.6 Å². The standard InChI is InChI=1S/C21H31ClFN3O3.C7H14/c1-3-11-25-20(28)26-13-5-7-16(14-26)21(29,10-6-12-24-15(2)27)17-8-4-9-18(22)19(17)23;1-7-5-3-2-4-6-7/h4,8-9,16,29H,3,5-7,10-14H2,1-2H3,(H,24,27)(H,25,28);7H,2-6H2,1H3. The number of hydrogen-bond acceptors (Lipinski definition) is 3. The van der Waals surface area contributed by atoms with E-state index in [1.54, 1.807) is 17.0 Å². The van der Waals surface area contributed by atoms with Crippen molar-refractivity contribution in [3.63, 3.8) is 0 Å². The maximum atomic E-state index is 14.9. The first kappa shape index (κ1) is 30.4. The molecule has 2 unspecified atom stereocenters. The number of halogens is 2. The summed E-state index contributed by atoms with van der Waals surface area (Å²) in [5.74, 6) is -0.0923. The molecule has 1 aromatic carbocycles. The quantitative estimate of drug-likeness (QED) is 0.364. The summed E-state index contributed by atoms with van der Waals surface area (Å²) in [6.07, 6.45) is 10.4. The Kier molecular flexibility index (Phi) is 13.0. The number of amides is 3. The topological polar surface area (TPSA) is 81.7 Å². The van der Waals surface area contributed by atoms with Gasteiger partial charge in [0.2, 0.25) is 5.91 Å². The van der Waals surface area contributed by atoms with Gasteiger partial charge in [-0.1, -0.05) is 69.7 Å². The first-order valence-electron chi connectivity index (χ1n) is 13.6. The molecule has 1 aliphatic carbocycles. The number of nitrogens with zero attached hydrogens (tertiary/aromatic N) is 1. The highest BCUT2D eigenvalue weighted by atomic mass is 35.5. The van der Waals surface area contributed by atoms with Crippen LogP contribution in [0.1, 0.15) is 90.5 Å². The van der Waals surface area contributed by atoms with Crippen LogP contribution >= 0.6 is 11.6 Å². The molecule has 0 spiro atoms. The molecule has 1 saturated heterocycles. The van der Waals surface area contributed by atoms with E-state index in [1.807, 2.05) is 6.92 Å². The lowest BCUT2D eigenvalue weighted by atomic mass is 9.74. The van der Waals surface area contributed by atoms with Gasteiger partial charge in [0.05, 0.1) is 10.6 Å². The monoisotopic (exact) mass is 525 g/mol. The van der Waals surface area contributed by atoms with Crippen molar-refractivity contribution in [2.45, 2.75) is 90.6 Å². The average molecular weight is 526 g/mol. The number of hydrogen-bond donors (Lipinski definition) is 3. The van der Waals surface area contributed by atoms with Crippen LogP contribution in [0.15, 0.2) is 18.2 Å². The zero-order valence-corrected chi connectivity index (χ0v) is 23.0. The van der Waals surface area contributed by atoms with E-state index in [0.29, 0.717) is 39.0 Å². The summed E-state index contributed by atoms with van der Waals surface area (Å²) in [7, 11) is 0. The average Bonchev–Trinajstić information content (AvgIpc) is 2.87. The fourth-order valence-corrected chi connectivity index (χ4v) is 5.40. The van der Waals surface area contributed by atoms with Gasteiger partial charge in [0.25, 0.3) is 0 Å². The fraction of sp³-hybridized carbons (Fsp3) is 0.714. The Balaban J connectivity index is 0.000000558.